The zero-order chi connectivity index (χ0) is 14.1. The Morgan fingerprint density at radius 2 is 2.15 bits per heavy atom. The van der Waals surface area contributed by atoms with E-state index in [0.717, 1.165) is 16.7 Å². The maximum absolute atomic E-state index is 11.8. The Bertz CT molecular complexity index is 792. The second kappa shape index (κ2) is 4.85. The average Bonchev–Trinajstić information content (AvgIpc) is 2.91. The highest BCUT2D eigenvalue weighted by molar-refractivity contribution is 5.92. The molecule has 102 valence electrons. The lowest BCUT2D eigenvalue weighted by atomic mass is 10.2. The number of ether oxygens (including phenoxy) is 2. The summed E-state index contributed by atoms with van der Waals surface area (Å²) < 4.78 is 12.2. The summed E-state index contributed by atoms with van der Waals surface area (Å²) in [6, 6.07) is 9.62. The first kappa shape index (κ1) is 12.5. The van der Waals surface area contributed by atoms with Crippen molar-refractivity contribution in [2.24, 2.45) is 0 Å². The maximum Gasteiger partial charge on any atom is 0.358 e. The van der Waals surface area contributed by atoms with Gasteiger partial charge in [0, 0.05) is 17.6 Å². The van der Waals surface area contributed by atoms with Gasteiger partial charge in [-0.3, -0.25) is 4.40 Å². The molecule has 2 aromatic heterocycles. The van der Waals surface area contributed by atoms with Crippen molar-refractivity contribution < 1.29 is 14.3 Å². The van der Waals surface area contributed by atoms with Gasteiger partial charge in [0.15, 0.2) is 5.69 Å². The minimum Gasteiger partial charge on any atom is -0.496 e. The number of aromatic nitrogens is 2. The number of carbonyl (C=O) groups is 1. The van der Waals surface area contributed by atoms with E-state index >= 15 is 0 Å². The number of carbonyl (C=O) groups excluding carboxylic acids is 1. The largest absolute Gasteiger partial charge is 0.496 e. The number of fused-ring (bicyclic) bond motifs is 3. The third-order valence-corrected chi connectivity index (χ3v) is 3.13. The standard InChI is InChI=1S/C15H14N2O3/c1-3-20-15(18)11-9-17-12-7-5-4-6-10(12)13(19-2)8-14(17)16-11/h4-9H,3H2,1-2H3. The van der Waals surface area contributed by atoms with E-state index in [-0.39, 0.29) is 0 Å². The predicted octanol–water partition coefficient (Wildman–Crippen LogP) is 2.67. The second-order valence-corrected chi connectivity index (χ2v) is 4.30. The Balaban J connectivity index is 2.28. The minimum absolute atomic E-state index is 0.297. The van der Waals surface area contributed by atoms with E-state index in [1.165, 1.54) is 0 Å². The molecule has 20 heavy (non-hydrogen) atoms. The third kappa shape index (κ3) is 1.87. The van der Waals surface area contributed by atoms with Gasteiger partial charge >= 0.3 is 5.97 Å². The van der Waals surface area contributed by atoms with Crippen molar-refractivity contribution in [3.05, 3.63) is 42.2 Å². The van der Waals surface area contributed by atoms with Crippen LogP contribution in [0.5, 0.6) is 5.75 Å². The van der Waals surface area contributed by atoms with Crippen LogP contribution in [0.3, 0.4) is 0 Å². The summed E-state index contributed by atoms with van der Waals surface area (Å²) >= 11 is 0. The van der Waals surface area contributed by atoms with Gasteiger partial charge in [-0.1, -0.05) is 12.1 Å². The summed E-state index contributed by atoms with van der Waals surface area (Å²) in [6.45, 7) is 2.10. The molecule has 0 amide bonds. The summed E-state index contributed by atoms with van der Waals surface area (Å²) in [5.74, 6) is 0.313. The predicted molar refractivity (Wildman–Crippen MR) is 75.2 cm³/mol. The topological polar surface area (TPSA) is 52.8 Å². The number of rotatable bonds is 3. The molecule has 0 aliphatic heterocycles. The lowest BCUT2D eigenvalue weighted by Crippen LogP contribution is -2.04. The van der Waals surface area contributed by atoms with E-state index in [0.29, 0.717) is 17.9 Å². The Morgan fingerprint density at radius 1 is 1.35 bits per heavy atom. The van der Waals surface area contributed by atoms with Gasteiger partial charge < -0.3 is 9.47 Å². The van der Waals surface area contributed by atoms with Crippen LogP contribution >= 0.6 is 0 Å². The molecule has 0 aliphatic carbocycles. The molecule has 0 unspecified atom stereocenters. The van der Waals surface area contributed by atoms with Crippen LogP contribution < -0.4 is 4.74 Å². The summed E-state index contributed by atoms with van der Waals surface area (Å²) in [5.41, 5.74) is 1.89. The van der Waals surface area contributed by atoms with E-state index in [2.05, 4.69) is 4.98 Å². The Kier molecular flexibility index (Phi) is 3.02. The molecule has 0 atom stereocenters. The number of methoxy groups -OCH3 is 1. The number of benzene rings is 1. The van der Waals surface area contributed by atoms with Crippen LogP contribution in [0, 0.1) is 0 Å². The summed E-state index contributed by atoms with van der Waals surface area (Å²) in [4.78, 5) is 16.1. The molecule has 5 heteroatoms. The Morgan fingerprint density at radius 3 is 2.90 bits per heavy atom. The number of para-hydroxylation sites is 1. The van der Waals surface area contributed by atoms with Gasteiger partial charge in [-0.15, -0.1) is 0 Å². The zero-order valence-electron chi connectivity index (χ0n) is 11.3. The van der Waals surface area contributed by atoms with Crippen molar-refractivity contribution in [1.29, 1.82) is 0 Å². The number of esters is 1. The van der Waals surface area contributed by atoms with Gasteiger partial charge in [0.1, 0.15) is 11.4 Å². The van der Waals surface area contributed by atoms with Crippen LogP contribution in [0.15, 0.2) is 36.5 Å². The van der Waals surface area contributed by atoms with E-state index in [1.807, 2.05) is 34.7 Å². The van der Waals surface area contributed by atoms with E-state index in [1.54, 1.807) is 20.2 Å². The molecule has 0 N–H and O–H groups in total. The molecule has 5 nitrogen and oxygen atoms in total. The zero-order valence-corrected chi connectivity index (χ0v) is 11.3. The van der Waals surface area contributed by atoms with Gasteiger partial charge in [0.05, 0.1) is 19.2 Å². The first-order valence-corrected chi connectivity index (χ1v) is 6.36. The number of nitrogens with zero attached hydrogens (tertiary/aromatic N) is 2. The first-order chi connectivity index (χ1) is 9.74. The summed E-state index contributed by atoms with van der Waals surface area (Å²) in [6.07, 6.45) is 1.69. The Hall–Kier alpha value is -2.56. The average molecular weight is 270 g/mol. The fraction of sp³-hybridized carbons (Fsp3) is 0.200. The molecule has 0 saturated carbocycles. The van der Waals surface area contributed by atoms with E-state index in [9.17, 15) is 4.79 Å². The van der Waals surface area contributed by atoms with Crippen molar-refractivity contribution in [3.8, 4) is 5.75 Å². The lowest BCUT2D eigenvalue weighted by molar-refractivity contribution is 0.0520. The van der Waals surface area contributed by atoms with Gasteiger partial charge in [0.25, 0.3) is 0 Å². The molecule has 3 rings (SSSR count). The molecule has 0 bridgehead atoms. The normalized spacial score (nSPS) is 10.9. The molecule has 0 spiro atoms. The van der Waals surface area contributed by atoms with Crippen LogP contribution in [-0.4, -0.2) is 29.1 Å². The smallest absolute Gasteiger partial charge is 0.358 e. The van der Waals surface area contributed by atoms with Crippen molar-refractivity contribution in [2.75, 3.05) is 13.7 Å². The molecule has 0 saturated heterocycles. The van der Waals surface area contributed by atoms with Crippen LogP contribution in [0.2, 0.25) is 0 Å². The van der Waals surface area contributed by atoms with Gasteiger partial charge in [-0.25, -0.2) is 9.78 Å². The van der Waals surface area contributed by atoms with Crippen molar-refractivity contribution in [2.45, 2.75) is 6.92 Å². The van der Waals surface area contributed by atoms with Crippen molar-refractivity contribution in [1.82, 2.24) is 9.38 Å². The van der Waals surface area contributed by atoms with Crippen LogP contribution in [0.4, 0.5) is 0 Å². The quantitative estimate of drug-likeness (QED) is 0.687. The first-order valence-electron chi connectivity index (χ1n) is 6.36. The van der Waals surface area contributed by atoms with E-state index < -0.39 is 5.97 Å². The lowest BCUT2D eigenvalue weighted by Gasteiger charge is -2.07. The molecular formula is C15H14N2O3. The van der Waals surface area contributed by atoms with E-state index in [4.69, 9.17) is 9.47 Å². The van der Waals surface area contributed by atoms with Crippen molar-refractivity contribution in [3.63, 3.8) is 0 Å². The maximum atomic E-state index is 11.8. The molecule has 0 aliphatic rings. The fourth-order valence-corrected chi connectivity index (χ4v) is 2.25. The van der Waals surface area contributed by atoms with Gasteiger partial charge in [0.2, 0.25) is 0 Å². The molecule has 0 fully saturated rings. The monoisotopic (exact) mass is 270 g/mol. The fourth-order valence-electron chi connectivity index (χ4n) is 2.25. The molecule has 2 heterocycles. The molecular weight excluding hydrogens is 256 g/mol. The molecule has 1 aromatic carbocycles. The van der Waals surface area contributed by atoms with Crippen LogP contribution in [0.25, 0.3) is 16.6 Å². The van der Waals surface area contributed by atoms with Crippen LogP contribution in [-0.2, 0) is 4.74 Å². The number of hydrogen-bond acceptors (Lipinski definition) is 4. The highest BCUT2D eigenvalue weighted by atomic mass is 16.5. The van der Waals surface area contributed by atoms with Crippen molar-refractivity contribution >= 4 is 22.5 Å². The Labute approximate surface area is 115 Å². The summed E-state index contributed by atoms with van der Waals surface area (Å²) in [7, 11) is 1.62. The SMILES string of the molecule is CCOC(=O)c1cn2c(cc(OC)c3ccccc32)n1. The highest BCUT2D eigenvalue weighted by Crippen LogP contribution is 2.27. The number of imidazole rings is 1. The minimum atomic E-state index is -0.417. The summed E-state index contributed by atoms with van der Waals surface area (Å²) in [5, 5.41) is 0.968. The van der Waals surface area contributed by atoms with Gasteiger partial charge in [-0.2, -0.15) is 0 Å². The number of hydrogen-bond donors (Lipinski definition) is 0. The van der Waals surface area contributed by atoms with Gasteiger partial charge in [-0.05, 0) is 19.1 Å². The molecule has 3 aromatic rings. The second-order valence-electron chi connectivity index (χ2n) is 4.30. The number of pyridine rings is 1. The highest BCUT2D eigenvalue weighted by Gasteiger charge is 2.14. The molecule has 0 radical (unpaired) electrons. The van der Waals surface area contributed by atoms with Crippen LogP contribution in [0.1, 0.15) is 17.4 Å². The third-order valence-electron chi connectivity index (χ3n) is 3.13.